The maximum absolute atomic E-state index is 13.4. The summed E-state index contributed by atoms with van der Waals surface area (Å²) in [7, 11) is -13.7. The number of alkyl halides is 6. The van der Waals surface area contributed by atoms with Crippen LogP contribution in [0.15, 0.2) is 45.3 Å². The highest BCUT2D eigenvalue weighted by atomic mass is 79.9. The number of hydrogen-bond acceptors (Lipinski definition) is 6. The van der Waals surface area contributed by atoms with Crippen molar-refractivity contribution in [3.8, 4) is 0 Å². The van der Waals surface area contributed by atoms with Crippen LogP contribution >= 0.6 is 55.1 Å². The normalized spacial score (nSPS) is 12.8. The number of sulfonamides is 2. The molecule has 0 N–H and O–H groups in total. The van der Waals surface area contributed by atoms with Gasteiger partial charge < -0.3 is 0 Å². The zero-order chi connectivity index (χ0) is 28.0. The molecule has 0 atom stereocenters. The van der Waals surface area contributed by atoms with E-state index in [4.69, 9.17) is 23.2 Å². The van der Waals surface area contributed by atoms with Crippen LogP contribution in [-0.4, -0.2) is 39.7 Å². The molecule has 2 aromatic carbocycles. The molecule has 0 unspecified atom stereocenters. The fraction of sp³-hybridized carbons (Fsp3) is 0.125. The molecule has 0 fully saturated rings. The smallest absolute Gasteiger partial charge is 0.262 e. The minimum atomic E-state index is -6.86. The predicted molar refractivity (Wildman–Crippen MR) is 123 cm³/mol. The number of rotatable bonds is 4. The van der Waals surface area contributed by atoms with Crippen LogP contribution in [0.1, 0.15) is 0 Å². The van der Waals surface area contributed by atoms with Crippen molar-refractivity contribution in [3.05, 3.63) is 55.4 Å². The first-order chi connectivity index (χ1) is 16.1. The number of hydrogen-bond donors (Lipinski definition) is 0. The van der Waals surface area contributed by atoms with Crippen LogP contribution < -0.4 is 8.61 Å². The number of nitrogens with zero attached hydrogens (tertiary/aromatic N) is 2. The van der Waals surface area contributed by atoms with Gasteiger partial charge in [0.1, 0.15) is 0 Å². The zero-order valence-corrected chi connectivity index (χ0v) is 22.7. The molecule has 2 aromatic rings. The molecule has 2 rings (SSSR count). The van der Waals surface area contributed by atoms with E-state index in [9.17, 15) is 52.8 Å². The fourth-order valence-corrected chi connectivity index (χ4v) is 5.83. The van der Waals surface area contributed by atoms with E-state index in [0.29, 0.717) is 12.1 Å². The molecule has 36 heavy (non-hydrogen) atoms. The Balaban J connectivity index is 2.89. The molecule has 0 spiro atoms. The summed E-state index contributed by atoms with van der Waals surface area (Å²) in [5.74, 6) is -5.74. The molecule has 0 heterocycles. The van der Waals surface area contributed by atoms with Crippen molar-refractivity contribution >= 4 is 98.3 Å². The molecule has 0 radical (unpaired) electrons. The lowest BCUT2D eigenvalue weighted by atomic mass is 10.3. The van der Waals surface area contributed by atoms with Crippen LogP contribution in [0, 0.1) is 0 Å². The minimum Gasteiger partial charge on any atom is -0.262 e. The summed E-state index contributed by atoms with van der Waals surface area (Å²) in [5.41, 5.74) is -15.2. The Morgan fingerprint density at radius 2 is 0.944 bits per heavy atom. The summed E-state index contributed by atoms with van der Waals surface area (Å²) < 4.78 is 127. The first-order valence-electron chi connectivity index (χ1n) is 8.36. The fourth-order valence-electron chi connectivity index (χ4n) is 2.37. The van der Waals surface area contributed by atoms with E-state index in [1.54, 1.807) is 0 Å². The zero-order valence-electron chi connectivity index (χ0n) is 16.4. The van der Waals surface area contributed by atoms with E-state index in [0.717, 1.165) is 24.3 Å². The van der Waals surface area contributed by atoms with Gasteiger partial charge in [-0.2, -0.15) is 51.8 Å². The van der Waals surface area contributed by atoms with Gasteiger partial charge in [-0.05, 0) is 36.4 Å². The van der Waals surface area contributed by atoms with Gasteiger partial charge >= 0.3 is 42.9 Å². The summed E-state index contributed by atoms with van der Waals surface area (Å²) in [4.78, 5) is 25.7. The van der Waals surface area contributed by atoms with Gasteiger partial charge in [-0.3, -0.25) is 9.59 Å². The molecule has 0 aliphatic rings. The summed E-state index contributed by atoms with van der Waals surface area (Å²) in [6, 6.07) is 4.38. The Morgan fingerprint density at radius 3 is 1.17 bits per heavy atom. The van der Waals surface area contributed by atoms with E-state index in [1.807, 2.05) is 0 Å². The van der Waals surface area contributed by atoms with Crippen LogP contribution in [0.25, 0.3) is 0 Å². The molecular formula is C16H6Br2Cl2F6N2O6S2. The van der Waals surface area contributed by atoms with Gasteiger partial charge in [0.2, 0.25) is 0 Å². The highest BCUT2D eigenvalue weighted by Gasteiger charge is 2.58. The Bertz CT molecular complexity index is 1340. The quantitative estimate of drug-likeness (QED) is 0.300. The topological polar surface area (TPSA) is 109 Å². The average molecular weight is 731 g/mol. The third kappa shape index (κ3) is 5.77. The molecule has 0 saturated carbocycles. The number of benzene rings is 2. The molecule has 0 aliphatic heterocycles. The van der Waals surface area contributed by atoms with Crippen molar-refractivity contribution in [2.45, 2.75) is 11.0 Å². The van der Waals surface area contributed by atoms with Crippen molar-refractivity contribution in [2.75, 3.05) is 8.61 Å². The van der Waals surface area contributed by atoms with E-state index < -0.39 is 72.9 Å². The van der Waals surface area contributed by atoms with Crippen molar-refractivity contribution in [2.24, 2.45) is 0 Å². The SMILES string of the molecule is O=C(C(=O)N(c1ccc(Br)cc1Cl)S(=O)(=O)C(F)(F)F)N(c1ccc(Br)cc1Cl)S(=O)(=O)C(F)(F)F. The maximum Gasteiger partial charge on any atom is 0.517 e. The molecule has 2 amide bonds. The second-order valence-electron chi connectivity index (χ2n) is 6.23. The van der Waals surface area contributed by atoms with Crippen LogP contribution in [0.5, 0.6) is 0 Å². The van der Waals surface area contributed by atoms with Crippen molar-refractivity contribution < 1.29 is 52.8 Å². The molecule has 0 bridgehead atoms. The number of carbonyl (C=O) groups is 2. The molecule has 0 aliphatic carbocycles. The lowest BCUT2D eigenvalue weighted by Gasteiger charge is -2.28. The predicted octanol–water partition coefficient (Wildman–Crippen LogP) is 5.58. The van der Waals surface area contributed by atoms with Crippen LogP contribution in [-0.2, 0) is 29.6 Å². The van der Waals surface area contributed by atoms with Crippen LogP contribution in [0.4, 0.5) is 37.7 Å². The summed E-state index contributed by atoms with van der Waals surface area (Å²) >= 11 is 17.2. The highest BCUT2D eigenvalue weighted by molar-refractivity contribution is 9.10. The molecular weight excluding hydrogens is 725 g/mol. The van der Waals surface area contributed by atoms with Gasteiger partial charge in [-0.15, -0.1) is 0 Å². The largest absolute Gasteiger partial charge is 0.517 e. The molecule has 198 valence electrons. The van der Waals surface area contributed by atoms with Crippen LogP contribution in [0.2, 0.25) is 10.0 Å². The van der Waals surface area contributed by atoms with Gasteiger partial charge in [0.25, 0.3) is 0 Å². The minimum absolute atomic E-state index is 0.0577. The van der Waals surface area contributed by atoms with Gasteiger partial charge in [0, 0.05) is 8.95 Å². The molecule has 20 heteroatoms. The molecule has 0 aromatic heterocycles. The number of amides is 2. The Morgan fingerprint density at radius 1 is 0.667 bits per heavy atom. The first kappa shape index (κ1) is 30.6. The second-order valence-corrected chi connectivity index (χ2v) is 12.4. The monoisotopic (exact) mass is 728 g/mol. The van der Waals surface area contributed by atoms with Crippen LogP contribution in [0.3, 0.4) is 0 Å². The maximum atomic E-state index is 13.4. The van der Waals surface area contributed by atoms with E-state index >= 15 is 0 Å². The van der Waals surface area contributed by atoms with E-state index in [2.05, 4.69) is 31.9 Å². The van der Waals surface area contributed by atoms with Gasteiger partial charge in [-0.25, -0.2) is 0 Å². The molecule has 0 saturated heterocycles. The van der Waals surface area contributed by atoms with Gasteiger partial charge in [0.05, 0.1) is 21.4 Å². The number of anilines is 2. The highest BCUT2D eigenvalue weighted by Crippen LogP contribution is 2.39. The van der Waals surface area contributed by atoms with E-state index in [1.165, 1.54) is 0 Å². The summed E-state index contributed by atoms with van der Waals surface area (Å²) in [5, 5.41) is -1.77. The Labute approximate surface area is 225 Å². The third-order valence-corrected chi connectivity index (χ3v) is 8.32. The lowest BCUT2D eigenvalue weighted by molar-refractivity contribution is -0.135. The summed E-state index contributed by atoms with van der Waals surface area (Å²) in [6.45, 7) is 0. The third-order valence-electron chi connectivity index (χ3n) is 3.87. The van der Waals surface area contributed by atoms with E-state index in [-0.39, 0.29) is 8.95 Å². The van der Waals surface area contributed by atoms with Gasteiger partial charge in [-0.1, -0.05) is 55.1 Å². The molecule has 8 nitrogen and oxygen atoms in total. The average Bonchev–Trinajstić information content (AvgIpc) is 2.69. The van der Waals surface area contributed by atoms with Gasteiger partial charge in [0.15, 0.2) is 0 Å². The van der Waals surface area contributed by atoms with Crippen molar-refractivity contribution in [3.63, 3.8) is 0 Å². The standard InChI is InChI=1S/C16H6Br2Cl2F6N2O6S2/c17-7-1-3-11(9(19)5-7)27(35(31,32)15(21,22)23)13(29)14(30)28(36(33,34)16(24,25)26)12-4-2-8(18)6-10(12)20/h1-6H. The summed E-state index contributed by atoms with van der Waals surface area (Å²) in [6.07, 6.45) is 0. The second kappa shape index (κ2) is 10.3. The number of halogens is 10. The van der Waals surface area contributed by atoms with Crippen molar-refractivity contribution in [1.82, 2.24) is 0 Å². The first-order valence-corrected chi connectivity index (χ1v) is 13.6. The lowest BCUT2D eigenvalue weighted by Crippen LogP contribution is -2.55. The number of carbonyl (C=O) groups excluding carboxylic acids is 2. The Kier molecular flexibility index (Phi) is 8.74. The Hall–Kier alpha value is -1.60. The van der Waals surface area contributed by atoms with Crippen molar-refractivity contribution in [1.29, 1.82) is 0 Å².